The lowest BCUT2D eigenvalue weighted by Gasteiger charge is -2.23. The number of nitrogens with zero attached hydrogens (tertiary/aromatic N) is 3. The third-order valence-corrected chi connectivity index (χ3v) is 4.91. The summed E-state index contributed by atoms with van der Waals surface area (Å²) in [4.78, 5) is 26.0. The number of aryl methyl sites for hydroxylation is 1. The number of hydrogen-bond donors (Lipinski definition) is 1. The van der Waals surface area contributed by atoms with E-state index >= 15 is 0 Å². The largest absolute Gasteiger partial charge is 0.481 e. The predicted octanol–water partition coefficient (Wildman–Crippen LogP) is 2.40. The number of aliphatic carboxylic acids is 1. The first-order chi connectivity index (χ1) is 12.4. The Labute approximate surface area is 156 Å². The standard InChI is InChI=1S/C18H20ClN3O4/c1-12-8-15(20-22(12)14-5-3-4-13(19)9-14)16(23)21-7-6-18(10-21,11-26-2)17(24)25/h3-5,8-9H,6-7,10-11H2,1-2H3,(H,24,25). The SMILES string of the molecule is COCC1(C(=O)O)CCN(C(=O)c2cc(C)n(-c3cccc(Cl)c3)n2)C1. The maximum atomic E-state index is 12.8. The summed E-state index contributed by atoms with van der Waals surface area (Å²) in [6.07, 6.45) is 0.357. The Morgan fingerprint density at radius 1 is 1.38 bits per heavy atom. The first kappa shape index (κ1) is 18.4. The summed E-state index contributed by atoms with van der Waals surface area (Å²) in [5.41, 5.74) is 0.765. The van der Waals surface area contributed by atoms with Crippen molar-refractivity contribution in [1.29, 1.82) is 0 Å². The van der Waals surface area contributed by atoms with Crippen LogP contribution >= 0.6 is 11.6 Å². The van der Waals surface area contributed by atoms with Crippen molar-refractivity contribution in [2.75, 3.05) is 26.8 Å². The molecule has 1 aromatic heterocycles. The molecule has 1 atom stereocenters. The van der Waals surface area contributed by atoms with Crippen molar-refractivity contribution in [3.05, 3.63) is 46.7 Å². The zero-order valence-corrected chi connectivity index (χ0v) is 15.4. The van der Waals surface area contributed by atoms with Crippen LogP contribution in [0.25, 0.3) is 5.69 Å². The van der Waals surface area contributed by atoms with Crippen molar-refractivity contribution in [3.63, 3.8) is 0 Å². The Bertz CT molecular complexity index is 851. The van der Waals surface area contributed by atoms with E-state index in [0.717, 1.165) is 11.4 Å². The number of amides is 1. The molecule has 0 bridgehead atoms. The monoisotopic (exact) mass is 377 g/mol. The number of carboxylic acid groups (broad SMARTS) is 1. The number of hydrogen-bond acceptors (Lipinski definition) is 4. The van der Waals surface area contributed by atoms with Gasteiger partial charge >= 0.3 is 5.97 Å². The van der Waals surface area contributed by atoms with Crippen molar-refractivity contribution >= 4 is 23.5 Å². The summed E-state index contributed by atoms with van der Waals surface area (Å²) >= 11 is 6.03. The van der Waals surface area contributed by atoms with Crippen LogP contribution in [-0.2, 0) is 9.53 Å². The molecule has 7 nitrogen and oxygen atoms in total. The summed E-state index contributed by atoms with van der Waals surface area (Å²) < 4.78 is 6.71. The highest BCUT2D eigenvalue weighted by Gasteiger charge is 2.46. The molecular formula is C18H20ClN3O4. The van der Waals surface area contributed by atoms with Gasteiger partial charge in [0.25, 0.3) is 5.91 Å². The molecule has 1 amide bonds. The molecular weight excluding hydrogens is 358 g/mol. The van der Waals surface area contributed by atoms with Gasteiger partial charge in [-0.2, -0.15) is 5.10 Å². The van der Waals surface area contributed by atoms with E-state index in [0.29, 0.717) is 18.0 Å². The molecule has 0 saturated carbocycles. The smallest absolute Gasteiger partial charge is 0.313 e. The molecule has 1 aromatic carbocycles. The highest BCUT2D eigenvalue weighted by atomic mass is 35.5. The average Bonchev–Trinajstić information content (AvgIpc) is 3.19. The van der Waals surface area contributed by atoms with Gasteiger partial charge in [0, 0.05) is 30.9 Å². The topological polar surface area (TPSA) is 84.7 Å². The molecule has 3 rings (SSSR count). The second-order valence-corrected chi connectivity index (χ2v) is 6.99. The van der Waals surface area contributed by atoms with Crippen LogP contribution in [0.1, 0.15) is 22.6 Å². The molecule has 1 saturated heterocycles. The second kappa shape index (κ2) is 7.09. The number of aromatic nitrogens is 2. The molecule has 2 heterocycles. The molecule has 1 unspecified atom stereocenters. The van der Waals surface area contributed by atoms with Crippen molar-refractivity contribution in [1.82, 2.24) is 14.7 Å². The highest BCUT2D eigenvalue weighted by Crippen LogP contribution is 2.32. The number of carbonyl (C=O) groups is 2. The number of benzene rings is 1. The van der Waals surface area contributed by atoms with Crippen LogP contribution in [0, 0.1) is 12.3 Å². The van der Waals surface area contributed by atoms with Gasteiger partial charge < -0.3 is 14.7 Å². The zero-order chi connectivity index (χ0) is 18.9. The Balaban J connectivity index is 1.83. The number of ether oxygens (including phenoxy) is 1. The number of carboxylic acids is 1. The van der Waals surface area contributed by atoms with Crippen LogP contribution in [-0.4, -0.2) is 58.5 Å². The van der Waals surface area contributed by atoms with Gasteiger partial charge in [-0.25, -0.2) is 4.68 Å². The Hall–Kier alpha value is -2.38. The molecule has 1 N–H and O–H groups in total. The maximum absolute atomic E-state index is 12.8. The number of carbonyl (C=O) groups excluding carboxylic acids is 1. The molecule has 26 heavy (non-hydrogen) atoms. The van der Waals surface area contributed by atoms with Gasteiger partial charge in [0.2, 0.25) is 0 Å². The van der Waals surface area contributed by atoms with Crippen LogP contribution in [0.15, 0.2) is 30.3 Å². The molecule has 8 heteroatoms. The molecule has 0 radical (unpaired) electrons. The molecule has 138 valence electrons. The lowest BCUT2D eigenvalue weighted by atomic mass is 9.88. The lowest BCUT2D eigenvalue weighted by molar-refractivity contribution is -0.151. The fraction of sp³-hybridized carbons (Fsp3) is 0.389. The van der Waals surface area contributed by atoms with Gasteiger partial charge in [0.15, 0.2) is 5.69 Å². The Morgan fingerprint density at radius 2 is 2.15 bits per heavy atom. The third kappa shape index (κ3) is 3.32. The van der Waals surface area contributed by atoms with E-state index in [2.05, 4.69) is 5.10 Å². The average molecular weight is 378 g/mol. The van der Waals surface area contributed by atoms with Crippen molar-refractivity contribution in [2.24, 2.45) is 5.41 Å². The first-order valence-corrected chi connectivity index (χ1v) is 8.58. The normalized spacial score (nSPS) is 19.7. The summed E-state index contributed by atoms with van der Waals surface area (Å²) in [6.45, 7) is 2.39. The van der Waals surface area contributed by atoms with E-state index in [4.69, 9.17) is 16.3 Å². The summed E-state index contributed by atoms with van der Waals surface area (Å²) in [6, 6.07) is 8.89. The fourth-order valence-corrected chi connectivity index (χ4v) is 3.47. The van der Waals surface area contributed by atoms with Gasteiger partial charge in [-0.1, -0.05) is 17.7 Å². The first-order valence-electron chi connectivity index (χ1n) is 8.20. The zero-order valence-electron chi connectivity index (χ0n) is 14.6. The van der Waals surface area contributed by atoms with E-state index in [-0.39, 0.29) is 24.8 Å². The Kier molecular flexibility index (Phi) is 5.02. The molecule has 0 spiro atoms. The van der Waals surface area contributed by atoms with E-state index in [1.165, 1.54) is 12.0 Å². The van der Waals surface area contributed by atoms with Gasteiger partial charge in [0.1, 0.15) is 5.41 Å². The number of methoxy groups -OCH3 is 1. The van der Waals surface area contributed by atoms with Crippen molar-refractivity contribution in [2.45, 2.75) is 13.3 Å². The van der Waals surface area contributed by atoms with E-state index in [9.17, 15) is 14.7 Å². The van der Waals surface area contributed by atoms with E-state index in [1.807, 2.05) is 19.1 Å². The highest BCUT2D eigenvalue weighted by molar-refractivity contribution is 6.30. The van der Waals surface area contributed by atoms with Crippen molar-refractivity contribution < 1.29 is 19.4 Å². The van der Waals surface area contributed by atoms with Crippen LogP contribution in [0.3, 0.4) is 0 Å². The van der Waals surface area contributed by atoms with Crippen LogP contribution in [0.4, 0.5) is 0 Å². The quantitative estimate of drug-likeness (QED) is 0.864. The molecule has 1 aliphatic rings. The van der Waals surface area contributed by atoms with Gasteiger partial charge in [-0.15, -0.1) is 0 Å². The minimum absolute atomic E-state index is 0.0715. The summed E-state index contributed by atoms with van der Waals surface area (Å²) in [5, 5.41) is 14.5. The third-order valence-electron chi connectivity index (χ3n) is 4.67. The van der Waals surface area contributed by atoms with E-state index < -0.39 is 11.4 Å². The number of likely N-dealkylation sites (tertiary alicyclic amines) is 1. The minimum Gasteiger partial charge on any atom is -0.481 e. The number of rotatable bonds is 5. The van der Waals surface area contributed by atoms with Crippen LogP contribution in [0.2, 0.25) is 5.02 Å². The fourth-order valence-electron chi connectivity index (χ4n) is 3.29. The maximum Gasteiger partial charge on any atom is 0.313 e. The van der Waals surface area contributed by atoms with Gasteiger partial charge in [-0.3, -0.25) is 9.59 Å². The summed E-state index contributed by atoms with van der Waals surface area (Å²) in [7, 11) is 1.46. The predicted molar refractivity (Wildman–Crippen MR) is 95.8 cm³/mol. The van der Waals surface area contributed by atoms with Crippen LogP contribution < -0.4 is 0 Å². The van der Waals surface area contributed by atoms with Gasteiger partial charge in [-0.05, 0) is 37.6 Å². The van der Waals surface area contributed by atoms with Crippen LogP contribution in [0.5, 0.6) is 0 Å². The molecule has 0 aliphatic carbocycles. The number of halogens is 1. The Morgan fingerprint density at radius 3 is 2.81 bits per heavy atom. The lowest BCUT2D eigenvalue weighted by Crippen LogP contribution is -2.40. The minimum atomic E-state index is -1.06. The molecule has 1 aliphatic heterocycles. The van der Waals surface area contributed by atoms with Crippen molar-refractivity contribution in [3.8, 4) is 5.69 Å². The van der Waals surface area contributed by atoms with Gasteiger partial charge in [0.05, 0.1) is 12.3 Å². The summed E-state index contributed by atoms with van der Waals surface area (Å²) in [5.74, 6) is -1.23. The molecule has 1 fully saturated rings. The second-order valence-electron chi connectivity index (χ2n) is 6.56. The molecule has 2 aromatic rings. The van der Waals surface area contributed by atoms with E-state index in [1.54, 1.807) is 22.9 Å².